The van der Waals surface area contributed by atoms with Gasteiger partial charge in [-0.05, 0) is 54.8 Å². The van der Waals surface area contributed by atoms with E-state index in [1.165, 1.54) is 16.4 Å². The van der Waals surface area contributed by atoms with E-state index in [9.17, 15) is 18.8 Å². The Hall–Kier alpha value is -1.51. The smallest absolute Gasteiger partial charge is 0.266 e. The standard InChI is InChI=1S/C15H13Cl2N2O4S/c16-11-3-5-13-10(8-11)2-1-7-18(13)24(22,23)15-6-4-12(17)9-14(15)19(20)21/h3-6,8-9,20H,1-2,7H2/q-1. The molecule has 0 unspecified atom stereocenters. The van der Waals surface area contributed by atoms with Crippen LogP contribution < -0.4 is 9.53 Å². The van der Waals surface area contributed by atoms with Crippen LogP contribution in [0.4, 0.5) is 11.4 Å². The van der Waals surface area contributed by atoms with Gasteiger partial charge in [0.15, 0.2) is 0 Å². The summed E-state index contributed by atoms with van der Waals surface area (Å²) in [7, 11) is -4.05. The number of nitrogens with zero attached hydrogens (tertiary/aromatic N) is 2. The molecule has 2 aromatic carbocycles. The predicted octanol–water partition coefficient (Wildman–Crippen LogP) is 3.83. The third-order valence-corrected chi connectivity index (χ3v) is 6.14. The Morgan fingerprint density at radius 3 is 2.50 bits per heavy atom. The molecule has 0 atom stereocenters. The van der Waals surface area contributed by atoms with Crippen LogP contribution in [0.1, 0.15) is 12.0 Å². The second-order valence-electron chi connectivity index (χ2n) is 5.34. The van der Waals surface area contributed by atoms with Gasteiger partial charge in [-0.1, -0.05) is 23.2 Å². The number of rotatable bonds is 3. The van der Waals surface area contributed by atoms with Gasteiger partial charge in [-0.3, -0.25) is 9.51 Å². The van der Waals surface area contributed by atoms with Crippen LogP contribution in [0.15, 0.2) is 41.3 Å². The zero-order valence-corrected chi connectivity index (χ0v) is 14.6. The third kappa shape index (κ3) is 3.05. The van der Waals surface area contributed by atoms with Gasteiger partial charge >= 0.3 is 0 Å². The number of hydrogen-bond acceptors (Lipinski definition) is 5. The van der Waals surface area contributed by atoms with Gasteiger partial charge in [0.25, 0.3) is 10.0 Å². The van der Waals surface area contributed by atoms with Crippen molar-refractivity contribution in [2.75, 3.05) is 16.1 Å². The molecule has 0 saturated carbocycles. The zero-order chi connectivity index (χ0) is 17.5. The Kier molecular flexibility index (Phi) is 4.63. The normalized spacial score (nSPS) is 14.4. The lowest BCUT2D eigenvalue weighted by atomic mass is 10.0. The maximum absolute atomic E-state index is 13.0. The first-order chi connectivity index (χ1) is 11.3. The Bertz CT molecular complexity index is 887. The molecule has 3 rings (SSSR count). The third-order valence-electron chi connectivity index (χ3n) is 3.81. The van der Waals surface area contributed by atoms with Crippen LogP contribution in [0, 0.1) is 5.21 Å². The van der Waals surface area contributed by atoms with Gasteiger partial charge in [-0.15, -0.1) is 0 Å². The molecular formula is C15H13Cl2N2O4S-. The summed E-state index contributed by atoms with van der Waals surface area (Å²) in [5.41, 5.74) is 0.904. The highest BCUT2D eigenvalue weighted by Crippen LogP contribution is 2.36. The number of aryl methyl sites for hydroxylation is 1. The molecule has 1 aliphatic heterocycles. The highest BCUT2D eigenvalue weighted by molar-refractivity contribution is 7.93. The fourth-order valence-electron chi connectivity index (χ4n) is 2.76. The number of benzene rings is 2. The monoisotopic (exact) mass is 387 g/mol. The molecule has 0 aromatic heterocycles. The molecule has 1 N–H and O–H groups in total. The lowest BCUT2D eigenvalue weighted by Gasteiger charge is -2.32. The van der Waals surface area contributed by atoms with E-state index in [0.29, 0.717) is 23.6 Å². The number of anilines is 2. The molecular weight excluding hydrogens is 375 g/mol. The van der Waals surface area contributed by atoms with Crippen molar-refractivity contribution in [1.29, 1.82) is 0 Å². The van der Waals surface area contributed by atoms with E-state index in [2.05, 4.69) is 0 Å². The van der Waals surface area contributed by atoms with Gasteiger partial charge in [0.05, 0.1) is 11.4 Å². The minimum atomic E-state index is -4.05. The summed E-state index contributed by atoms with van der Waals surface area (Å²) in [5, 5.41) is 20.8. The molecule has 24 heavy (non-hydrogen) atoms. The summed E-state index contributed by atoms with van der Waals surface area (Å²) < 4.78 is 27.3. The summed E-state index contributed by atoms with van der Waals surface area (Å²) in [6.45, 7) is 0.267. The molecule has 0 spiro atoms. The fraction of sp³-hybridized carbons (Fsp3) is 0.200. The Morgan fingerprint density at radius 1 is 1.12 bits per heavy atom. The van der Waals surface area contributed by atoms with E-state index < -0.39 is 20.9 Å². The Balaban J connectivity index is 2.14. The molecule has 6 nitrogen and oxygen atoms in total. The summed E-state index contributed by atoms with van der Waals surface area (Å²) in [6, 6.07) is 8.65. The second-order valence-corrected chi connectivity index (χ2v) is 8.04. The van der Waals surface area contributed by atoms with Gasteiger partial charge in [0, 0.05) is 16.6 Å². The SMILES string of the molecule is O=S(=O)(c1ccc(Cl)cc1N([O-])O)N1CCCc2cc(Cl)ccc21. The molecule has 0 amide bonds. The first kappa shape index (κ1) is 17.3. The van der Waals surface area contributed by atoms with E-state index in [4.69, 9.17) is 23.2 Å². The van der Waals surface area contributed by atoms with Crippen LogP contribution in [-0.2, 0) is 16.4 Å². The van der Waals surface area contributed by atoms with Crippen LogP contribution in [0.2, 0.25) is 10.0 Å². The Morgan fingerprint density at radius 2 is 1.79 bits per heavy atom. The highest BCUT2D eigenvalue weighted by Gasteiger charge is 2.31. The minimum absolute atomic E-state index is 0.143. The number of hydrogen-bond donors (Lipinski definition) is 1. The summed E-state index contributed by atoms with van der Waals surface area (Å²) in [5.74, 6) is 0. The van der Waals surface area contributed by atoms with Crippen LogP contribution in [0.25, 0.3) is 0 Å². The summed E-state index contributed by atoms with van der Waals surface area (Å²) in [6.07, 6.45) is 1.33. The van der Waals surface area contributed by atoms with Gasteiger partial charge in [-0.25, -0.2) is 8.42 Å². The molecule has 1 aliphatic rings. The minimum Gasteiger partial charge on any atom is -0.733 e. The van der Waals surface area contributed by atoms with Gasteiger partial charge < -0.3 is 10.4 Å². The maximum atomic E-state index is 13.0. The van der Waals surface area contributed by atoms with Crippen molar-refractivity contribution in [3.05, 3.63) is 57.2 Å². The van der Waals surface area contributed by atoms with Gasteiger partial charge in [0.2, 0.25) is 0 Å². The molecule has 0 radical (unpaired) electrons. The van der Waals surface area contributed by atoms with E-state index >= 15 is 0 Å². The lowest BCUT2D eigenvalue weighted by molar-refractivity contribution is 0.294. The number of halogens is 2. The van der Waals surface area contributed by atoms with Crippen molar-refractivity contribution in [2.45, 2.75) is 17.7 Å². The summed E-state index contributed by atoms with van der Waals surface area (Å²) >= 11 is 11.8. The first-order valence-electron chi connectivity index (χ1n) is 7.07. The van der Waals surface area contributed by atoms with E-state index in [-0.39, 0.29) is 16.5 Å². The molecule has 1 heterocycles. The van der Waals surface area contributed by atoms with E-state index in [1.807, 2.05) is 0 Å². The Labute approximate surface area is 149 Å². The van der Waals surface area contributed by atoms with Gasteiger partial charge in [-0.2, -0.15) is 0 Å². The van der Waals surface area contributed by atoms with Crippen molar-refractivity contribution in [2.24, 2.45) is 0 Å². The molecule has 128 valence electrons. The van der Waals surface area contributed by atoms with Crippen molar-refractivity contribution < 1.29 is 13.6 Å². The second kappa shape index (κ2) is 6.42. The molecule has 0 fully saturated rings. The van der Waals surface area contributed by atoms with E-state index in [0.717, 1.165) is 11.6 Å². The highest BCUT2D eigenvalue weighted by atomic mass is 35.5. The van der Waals surface area contributed by atoms with Crippen molar-refractivity contribution in [3.63, 3.8) is 0 Å². The molecule has 0 saturated heterocycles. The predicted molar refractivity (Wildman–Crippen MR) is 93.4 cm³/mol. The van der Waals surface area contributed by atoms with Crippen molar-refractivity contribution in [1.82, 2.24) is 0 Å². The summed E-state index contributed by atoms with van der Waals surface area (Å²) in [4.78, 5) is -0.313. The number of fused-ring (bicyclic) bond motifs is 1. The quantitative estimate of drug-likeness (QED) is 0.808. The molecule has 0 bridgehead atoms. The average molecular weight is 388 g/mol. The zero-order valence-electron chi connectivity index (χ0n) is 12.3. The first-order valence-corrected chi connectivity index (χ1v) is 9.27. The molecule has 9 heteroatoms. The fourth-order valence-corrected chi connectivity index (χ4v) is 4.80. The average Bonchev–Trinajstić information content (AvgIpc) is 2.53. The molecule has 2 aromatic rings. The van der Waals surface area contributed by atoms with Crippen molar-refractivity contribution in [3.8, 4) is 0 Å². The topological polar surface area (TPSA) is 83.9 Å². The van der Waals surface area contributed by atoms with Crippen LogP contribution >= 0.6 is 23.2 Å². The lowest BCUT2D eigenvalue weighted by Crippen LogP contribution is -2.36. The largest absolute Gasteiger partial charge is 0.733 e. The van der Waals surface area contributed by atoms with Crippen molar-refractivity contribution >= 4 is 44.6 Å². The van der Waals surface area contributed by atoms with Crippen LogP contribution in [0.3, 0.4) is 0 Å². The maximum Gasteiger partial charge on any atom is 0.266 e. The van der Waals surface area contributed by atoms with Gasteiger partial charge in [0.1, 0.15) is 4.90 Å². The molecule has 0 aliphatic carbocycles. The number of sulfonamides is 1. The van der Waals surface area contributed by atoms with Crippen LogP contribution in [0.5, 0.6) is 0 Å². The van der Waals surface area contributed by atoms with E-state index in [1.54, 1.807) is 18.2 Å². The van der Waals surface area contributed by atoms with Crippen LogP contribution in [-0.4, -0.2) is 20.2 Å².